The predicted octanol–water partition coefficient (Wildman–Crippen LogP) is 2.66. The van der Waals surface area contributed by atoms with Gasteiger partial charge in [0.2, 0.25) is 0 Å². The number of aliphatic hydroxyl groups is 1. The number of nitrogens with zero attached hydrogens (tertiary/aromatic N) is 1. The minimum absolute atomic E-state index is 0.107. The molecule has 1 saturated carbocycles. The van der Waals surface area contributed by atoms with Crippen molar-refractivity contribution in [1.82, 2.24) is 4.90 Å². The van der Waals surface area contributed by atoms with Crippen LogP contribution in [0.4, 0.5) is 0 Å². The summed E-state index contributed by atoms with van der Waals surface area (Å²) in [6, 6.07) is 6.70. The third-order valence-corrected chi connectivity index (χ3v) is 3.65. The molecular weight excluding hydrogens is 262 g/mol. The van der Waals surface area contributed by atoms with Crippen molar-refractivity contribution in [3.63, 3.8) is 0 Å². The summed E-state index contributed by atoms with van der Waals surface area (Å²) in [6.07, 6.45) is 2.60. The zero-order valence-corrected chi connectivity index (χ0v) is 13.2. The van der Waals surface area contributed by atoms with Gasteiger partial charge in [-0.3, -0.25) is 4.90 Å². The van der Waals surface area contributed by atoms with Gasteiger partial charge in [-0.1, -0.05) is 25.7 Å². The van der Waals surface area contributed by atoms with E-state index in [-0.39, 0.29) is 6.61 Å². The van der Waals surface area contributed by atoms with Gasteiger partial charge < -0.3 is 9.84 Å². The van der Waals surface area contributed by atoms with Crippen LogP contribution in [0.5, 0.6) is 5.75 Å². The topological polar surface area (TPSA) is 32.7 Å². The molecule has 1 aliphatic rings. The zero-order valence-electron chi connectivity index (χ0n) is 13.2. The smallest absolute Gasteiger partial charge is 0.119 e. The van der Waals surface area contributed by atoms with Gasteiger partial charge in [-0.25, -0.2) is 0 Å². The van der Waals surface area contributed by atoms with Crippen LogP contribution in [0, 0.1) is 17.8 Å². The number of aliphatic hydroxyl groups excluding tert-OH is 1. The molecule has 0 heterocycles. The summed E-state index contributed by atoms with van der Waals surface area (Å²) < 4.78 is 5.34. The van der Waals surface area contributed by atoms with E-state index in [1.54, 1.807) is 7.11 Å². The first-order chi connectivity index (χ1) is 10.1. The molecule has 21 heavy (non-hydrogen) atoms. The molecule has 0 saturated heterocycles. The molecule has 1 aromatic rings. The summed E-state index contributed by atoms with van der Waals surface area (Å²) in [7, 11) is 1.69. The maximum atomic E-state index is 8.91. The van der Waals surface area contributed by atoms with Crippen LogP contribution >= 0.6 is 0 Å². The second-order valence-corrected chi connectivity index (χ2v) is 6.04. The fraction of sp³-hybridized carbons (Fsp3) is 0.556. The van der Waals surface area contributed by atoms with E-state index in [0.717, 1.165) is 30.4 Å². The first-order valence-electron chi connectivity index (χ1n) is 7.64. The van der Waals surface area contributed by atoms with E-state index in [1.807, 2.05) is 12.1 Å². The van der Waals surface area contributed by atoms with Crippen molar-refractivity contribution >= 4 is 0 Å². The molecule has 1 N–H and O–H groups in total. The maximum Gasteiger partial charge on any atom is 0.119 e. The van der Waals surface area contributed by atoms with Crippen LogP contribution in [-0.2, 0) is 6.54 Å². The van der Waals surface area contributed by atoms with Crippen LogP contribution in [0.3, 0.4) is 0 Å². The lowest BCUT2D eigenvalue weighted by atomic mass is 10.1. The third kappa shape index (κ3) is 4.77. The van der Waals surface area contributed by atoms with Crippen LogP contribution in [-0.4, -0.2) is 36.3 Å². The molecule has 1 aromatic carbocycles. The van der Waals surface area contributed by atoms with Gasteiger partial charge in [0.25, 0.3) is 0 Å². The normalized spacial score (nSPS) is 14.2. The summed E-state index contributed by atoms with van der Waals surface area (Å²) in [4.78, 5) is 2.55. The Morgan fingerprint density at radius 2 is 2.14 bits per heavy atom. The number of hydrogen-bond donors (Lipinski definition) is 1. The first kappa shape index (κ1) is 15.9. The molecule has 1 fully saturated rings. The van der Waals surface area contributed by atoms with Crippen molar-refractivity contribution in [3.8, 4) is 17.6 Å². The molecule has 0 aromatic heterocycles. The highest BCUT2D eigenvalue weighted by molar-refractivity contribution is 5.45. The lowest BCUT2D eigenvalue weighted by molar-refractivity contribution is 0.225. The molecule has 0 radical (unpaired) electrons. The Kier molecular flexibility index (Phi) is 5.67. The Bertz CT molecular complexity index is 524. The molecule has 0 atom stereocenters. The number of hydrogen-bond acceptors (Lipinski definition) is 3. The molecule has 114 valence electrons. The van der Waals surface area contributed by atoms with Gasteiger partial charge in [-0.2, -0.15) is 0 Å². The lowest BCUT2D eigenvalue weighted by Gasteiger charge is -2.25. The van der Waals surface area contributed by atoms with Crippen molar-refractivity contribution in [2.45, 2.75) is 39.3 Å². The average Bonchev–Trinajstić information content (AvgIpc) is 3.29. The van der Waals surface area contributed by atoms with Crippen molar-refractivity contribution in [3.05, 3.63) is 29.3 Å². The molecule has 3 heteroatoms. The van der Waals surface area contributed by atoms with E-state index < -0.39 is 0 Å². The molecule has 0 bridgehead atoms. The Hall–Kier alpha value is -1.50. The van der Waals surface area contributed by atoms with Crippen LogP contribution in [0.25, 0.3) is 0 Å². The fourth-order valence-electron chi connectivity index (χ4n) is 2.55. The molecule has 1 aliphatic carbocycles. The molecule has 0 spiro atoms. The van der Waals surface area contributed by atoms with E-state index in [1.165, 1.54) is 18.4 Å². The van der Waals surface area contributed by atoms with Crippen molar-refractivity contribution in [2.75, 3.05) is 20.3 Å². The van der Waals surface area contributed by atoms with E-state index >= 15 is 0 Å². The van der Waals surface area contributed by atoms with E-state index in [0.29, 0.717) is 5.92 Å². The number of ether oxygens (including phenoxy) is 1. The maximum absolute atomic E-state index is 8.91. The summed E-state index contributed by atoms with van der Waals surface area (Å²) >= 11 is 0. The van der Waals surface area contributed by atoms with E-state index in [9.17, 15) is 0 Å². The van der Waals surface area contributed by atoms with E-state index in [4.69, 9.17) is 9.84 Å². The Morgan fingerprint density at radius 1 is 1.38 bits per heavy atom. The van der Waals surface area contributed by atoms with Crippen LogP contribution in [0.1, 0.15) is 37.8 Å². The summed E-state index contributed by atoms with van der Waals surface area (Å²) in [6.45, 7) is 6.41. The SMILES string of the molecule is COc1ccc(C#CCO)c(CN(CC(C)C)C2CC2)c1. The average molecular weight is 287 g/mol. The van der Waals surface area contributed by atoms with Crippen molar-refractivity contribution in [2.24, 2.45) is 5.92 Å². The molecule has 3 nitrogen and oxygen atoms in total. The molecule has 2 rings (SSSR count). The van der Waals surface area contributed by atoms with Gasteiger partial charge >= 0.3 is 0 Å². The van der Waals surface area contributed by atoms with Gasteiger partial charge in [-0.15, -0.1) is 0 Å². The second-order valence-electron chi connectivity index (χ2n) is 6.04. The summed E-state index contributed by atoms with van der Waals surface area (Å²) in [5.41, 5.74) is 2.17. The summed E-state index contributed by atoms with van der Waals surface area (Å²) in [5.74, 6) is 7.31. The largest absolute Gasteiger partial charge is 0.497 e. The van der Waals surface area contributed by atoms with Gasteiger partial charge in [-0.05, 0) is 42.5 Å². The molecular formula is C18H25NO2. The standard InChI is InChI=1S/C18H25NO2/c1-14(2)12-19(17-7-8-17)13-16-11-18(21-3)9-6-15(16)5-4-10-20/h6,9,11,14,17,20H,7-8,10,12-13H2,1-3H3. The Morgan fingerprint density at radius 3 is 2.71 bits per heavy atom. The Balaban J connectivity index is 2.22. The first-order valence-corrected chi connectivity index (χ1v) is 7.64. The highest BCUT2D eigenvalue weighted by Gasteiger charge is 2.29. The number of rotatable bonds is 6. The quantitative estimate of drug-likeness (QED) is 0.817. The van der Waals surface area contributed by atoms with Crippen LogP contribution < -0.4 is 4.74 Å². The van der Waals surface area contributed by atoms with Gasteiger partial charge in [0.1, 0.15) is 12.4 Å². The highest BCUT2D eigenvalue weighted by Crippen LogP contribution is 2.30. The minimum atomic E-state index is -0.107. The number of methoxy groups -OCH3 is 1. The van der Waals surface area contributed by atoms with Crippen LogP contribution in [0.15, 0.2) is 18.2 Å². The molecule has 0 amide bonds. The van der Waals surface area contributed by atoms with E-state index in [2.05, 4.69) is 36.7 Å². The second kappa shape index (κ2) is 7.49. The van der Waals surface area contributed by atoms with Crippen molar-refractivity contribution in [1.29, 1.82) is 0 Å². The third-order valence-electron chi connectivity index (χ3n) is 3.65. The van der Waals surface area contributed by atoms with Gasteiger partial charge in [0.05, 0.1) is 7.11 Å². The highest BCUT2D eigenvalue weighted by atomic mass is 16.5. The molecule has 0 aliphatic heterocycles. The van der Waals surface area contributed by atoms with Crippen LogP contribution in [0.2, 0.25) is 0 Å². The zero-order chi connectivity index (χ0) is 15.2. The lowest BCUT2D eigenvalue weighted by Crippen LogP contribution is -2.29. The number of benzene rings is 1. The predicted molar refractivity (Wildman–Crippen MR) is 85.2 cm³/mol. The molecule has 0 unspecified atom stereocenters. The fourth-order valence-corrected chi connectivity index (χ4v) is 2.55. The monoisotopic (exact) mass is 287 g/mol. The summed E-state index contributed by atoms with van der Waals surface area (Å²) in [5, 5.41) is 8.91. The van der Waals surface area contributed by atoms with Gasteiger partial charge in [0.15, 0.2) is 0 Å². The minimum Gasteiger partial charge on any atom is -0.497 e. The Labute approximate surface area is 127 Å². The van der Waals surface area contributed by atoms with Crippen molar-refractivity contribution < 1.29 is 9.84 Å². The van der Waals surface area contributed by atoms with Gasteiger partial charge in [0, 0.05) is 24.7 Å².